The number of esters is 1. The predicted molar refractivity (Wildman–Crippen MR) is 69.2 cm³/mol. The molecule has 0 radical (unpaired) electrons. The highest BCUT2D eigenvalue weighted by Gasteiger charge is 2.13. The van der Waals surface area contributed by atoms with Gasteiger partial charge in [0.25, 0.3) is 0 Å². The number of nitrogens with two attached hydrogens (primary N) is 1. The summed E-state index contributed by atoms with van der Waals surface area (Å²) < 4.78 is 15.1. The molecule has 0 aliphatic rings. The van der Waals surface area contributed by atoms with Crippen LogP contribution in [0.5, 0.6) is 0 Å². The summed E-state index contributed by atoms with van der Waals surface area (Å²) in [5.74, 6) is 0.548. The zero-order valence-corrected chi connectivity index (χ0v) is 11.5. The molecule has 5 nitrogen and oxygen atoms in total. The largest absolute Gasteiger partial charge is 0.464 e. The Hall–Kier alpha value is -0.300. The zero-order chi connectivity index (χ0) is 12.9. The topological polar surface area (TPSA) is 70.8 Å². The van der Waals surface area contributed by atoms with Crippen molar-refractivity contribution in [2.45, 2.75) is 18.9 Å². The molecule has 0 fully saturated rings. The second kappa shape index (κ2) is 12.2. The molecule has 0 aromatic carbocycles. The Balaban J connectivity index is 3.32. The van der Waals surface area contributed by atoms with Crippen LogP contribution >= 0.6 is 11.8 Å². The highest BCUT2D eigenvalue weighted by atomic mass is 32.2. The molecule has 0 aliphatic carbocycles. The first-order chi connectivity index (χ1) is 8.22. The Morgan fingerprint density at radius 2 is 2.06 bits per heavy atom. The minimum Gasteiger partial charge on any atom is -0.464 e. The van der Waals surface area contributed by atoms with E-state index in [1.165, 1.54) is 0 Å². The predicted octanol–water partition coefficient (Wildman–Crippen LogP) is 0.663. The summed E-state index contributed by atoms with van der Waals surface area (Å²) >= 11 is 1.67. The van der Waals surface area contributed by atoms with Crippen molar-refractivity contribution in [3.05, 3.63) is 0 Å². The number of carbonyl (C=O) groups is 1. The maximum absolute atomic E-state index is 11.4. The maximum Gasteiger partial charge on any atom is 0.322 e. The number of ether oxygens (including phenoxy) is 3. The molecule has 6 heteroatoms. The van der Waals surface area contributed by atoms with Crippen molar-refractivity contribution in [3.8, 4) is 0 Å². The number of methoxy groups -OCH3 is 1. The van der Waals surface area contributed by atoms with Gasteiger partial charge in [0.2, 0.25) is 0 Å². The molecule has 0 amide bonds. The van der Waals surface area contributed by atoms with E-state index in [0.29, 0.717) is 39.3 Å². The molecule has 0 bridgehead atoms. The third-order valence-corrected chi connectivity index (χ3v) is 2.69. The molecular formula is C11H23NO4S. The Morgan fingerprint density at radius 1 is 1.29 bits per heavy atom. The smallest absolute Gasteiger partial charge is 0.322 e. The van der Waals surface area contributed by atoms with E-state index in [4.69, 9.17) is 19.9 Å². The van der Waals surface area contributed by atoms with Crippen molar-refractivity contribution < 1.29 is 19.0 Å². The fourth-order valence-corrected chi connectivity index (χ4v) is 1.54. The molecule has 0 aliphatic heterocycles. The fraction of sp³-hybridized carbons (Fsp3) is 0.909. The van der Waals surface area contributed by atoms with Crippen molar-refractivity contribution in [3.63, 3.8) is 0 Å². The van der Waals surface area contributed by atoms with Gasteiger partial charge in [-0.2, -0.15) is 11.8 Å². The number of carbonyl (C=O) groups excluding carboxylic acids is 1. The average molecular weight is 265 g/mol. The first-order valence-electron chi connectivity index (χ1n) is 5.70. The van der Waals surface area contributed by atoms with Gasteiger partial charge in [0.1, 0.15) is 6.04 Å². The van der Waals surface area contributed by atoms with Crippen LogP contribution in [0.25, 0.3) is 0 Å². The average Bonchev–Trinajstić information content (AvgIpc) is 2.34. The lowest BCUT2D eigenvalue weighted by Gasteiger charge is -2.10. The highest BCUT2D eigenvalue weighted by molar-refractivity contribution is 7.98. The van der Waals surface area contributed by atoms with Crippen molar-refractivity contribution in [1.29, 1.82) is 0 Å². The van der Waals surface area contributed by atoms with Gasteiger partial charge < -0.3 is 19.9 Å². The van der Waals surface area contributed by atoms with Crippen LogP contribution in [0, 0.1) is 0 Å². The molecule has 0 aromatic rings. The molecule has 0 saturated heterocycles. The van der Waals surface area contributed by atoms with E-state index in [1.54, 1.807) is 18.9 Å². The van der Waals surface area contributed by atoms with E-state index in [9.17, 15) is 4.79 Å². The number of rotatable bonds is 11. The van der Waals surface area contributed by atoms with Crippen LogP contribution in [0.3, 0.4) is 0 Å². The minimum absolute atomic E-state index is 0.323. The molecule has 0 spiro atoms. The molecule has 2 N–H and O–H groups in total. The quantitative estimate of drug-likeness (QED) is 0.437. The third-order valence-electron chi connectivity index (χ3n) is 2.04. The van der Waals surface area contributed by atoms with Crippen molar-refractivity contribution in [2.75, 3.05) is 45.5 Å². The van der Waals surface area contributed by atoms with Gasteiger partial charge in [-0.1, -0.05) is 0 Å². The van der Waals surface area contributed by atoms with E-state index in [0.717, 1.165) is 5.75 Å². The first kappa shape index (κ1) is 16.7. The third kappa shape index (κ3) is 10.6. The summed E-state index contributed by atoms with van der Waals surface area (Å²) in [4.78, 5) is 11.4. The van der Waals surface area contributed by atoms with E-state index >= 15 is 0 Å². The molecule has 0 aromatic heterocycles. The van der Waals surface area contributed by atoms with Crippen LogP contribution in [-0.2, 0) is 19.0 Å². The van der Waals surface area contributed by atoms with Gasteiger partial charge in [0, 0.05) is 20.1 Å². The van der Waals surface area contributed by atoms with Gasteiger partial charge in [-0.05, 0) is 18.4 Å². The fourth-order valence-electron chi connectivity index (χ4n) is 1.05. The van der Waals surface area contributed by atoms with Gasteiger partial charge >= 0.3 is 5.97 Å². The van der Waals surface area contributed by atoms with Crippen molar-refractivity contribution in [2.24, 2.45) is 5.73 Å². The van der Waals surface area contributed by atoms with E-state index in [2.05, 4.69) is 0 Å². The lowest BCUT2D eigenvalue weighted by Crippen LogP contribution is -2.33. The second-order valence-corrected chi connectivity index (χ2v) is 4.50. The lowest BCUT2D eigenvalue weighted by molar-refractivity contribution is -0.145. The Morgan fingerprint density at radius 3 is 2.71 bits per heavy atom. The van der Waals surface area contributed by atoms with Crippen molar-refractivity contribution in [1.82, 2.24) is 0 Å². The molecule has 1 atom stereocenters. The number of thioether (sulfide) groups is 1. The van der Waals surface area contributed by atoms with Crippen LogP contribution in [0.1, 0.15) is 12.8 Å². The maximum atomic E-state index is 11.4. The zero-order valence-electron chi connectivity index (χ0n) is 10.6. The van der Waals surface area contributed by atoms with E-state index < -0.39 is 6.04 Å². The molecular weight excluding hydrogens is 242 g/mol. The van der Waals surface area contributed by atoms with Gasteiger partial charge in [-0.15, -0.1) is 0 Å². The molecule has 0 saturated carbocycles. The Kier molecular flexibility index (Phi) is 12.0. The lowest BCUT2D eigenvalue weighted by atomic mass is 10.2. The normalized spacial score (nSPS) is 12.4. The standard InChI is InChI=1S/C11H23NO4S/c1-14-7-8-15-5-3-6-16-11(13)10(12)4-9-17-2/h10H,3-9,12H2,1-2H3/t10-/m0/s1. The van der Waals surface area contributed by atoms with Gasteiger partial charge in [-0.3, -0.25) is 4.79 Å². The van der Waals surface area contributed by atoms with Crippen LogP contribution in [0.2, 0.25) is 0 Å². The Bertz CT molecular complexity index is 192. The first-order valence-corrected chi connectivity index (χ1v) is 7.09. The number of hydrogen-bond donors (Lipinski definition) is 1. The SMILES string of the molecule is COCCOCCCOC(=O)[C@@H](N)CCSC. The highest BCUT2D eigenvalue weighted by Crippen LogP contribution is 2.00. The number of hydrogen-bond acceptors (Lipinski definition) is 6. The van der Waals surface area contributed by atoms with Gasteiger partial charge in [0.15, 0.2) is 0 Å². The molecule has 0 unspecified atom stereocenters. The summed E-state index contributed by atoms with van der Waals surface area (Å²) in [6, 6.07) is -0.503. The summed E-state index contributed by atoms with van der Waals surface area (Å²) in [6.07, 6.45) is 3.32. The van der Waals surface area contributed by atoms with Crippen LogP contribution in [0.15, 0.2) is 0 Å². The Labute approximate surface area is 107 Å². The van der Waals surface area contributed by atoms with E-state index in [-0.39, 0.29) is 5.97 Å². The molecule has 17 heavy (non-hydrogen) atoms. The summed E-state index contributed by atoms with van der Waals surface area (Å²) in [5.41, 5.74) is 5.65. The molecule has 102 valence electrons. The summed E-state index contributed by atoms with van der Waals surface area (Å²) in [7, 11) is 1.63. The van der Waals surface area contributed by atoms with E-state index in [1.807, 2.05) is 6.26 Å². The van der Waals surface area contributed by atoms with Crippen LogP contribution in [-0.4, -0.2) is 57.6 Å². The second-order valence-electron chi connectivity index (χ2n) is 3.51. The minimum atomic E-state index is -0.503. The van der Waals surface area contributed by atoms with Gasteiger partial charge in [-0.25, -0.2) is 0 Å². The molecule has 0 rings (SSSR count). The van der Waals surface area contributed by atoms with Crippen molar-refractivity contribution >= 4 is 17.7 Å². The monoisotopic (exact) mass is 265 g/mol. The van der Waals surface area contributed by atoms with Crippen LogP contribution < -0.4 is 5.73 Å². The van der Waals surface area contributed by atoms with Crippen LogP contribution in [0.4, 0.5) is 0 Å². The summed E-state index contributed by atoms with van der Waals surface area (Å²) in [6.45, 7) is 2.08. The summed E-state index contributed by atoms with van der Waals surface area (Å²) in [5, 5.41) is 0. The van der Waals surface area contributed by atoms with Gasteiger partial charge in [0.05, 0.1) is 19.8 Å². The molecule has 0 heterocycles.